The number of hydrogen-bond donors (Lipinski definition) is 4. The van der Waals surface area contributed by atoms with Crippen molar-refractivity contribution in [1.82, 2.24) is 19.9 Å². The average Bonchev–Trinajstić information content (AvgIpc) is 3.66. The van der Waals surface area contributed by atoms with Crippen molar-refractivity contribution >= 4 is 46.1 Å². The van der Waals surface area contributed by atoms with E-state index >= 15 is 0 Å². The summed E-state index contributed by atoms with van der Waals surface area (Å²) in [7, 11) is 0. The Balaban J connectivity index is 1.39. The van der Waals surface area contributed by atoms with Crippen LogP contribution in [0.2, 0.25) is 0 Å². The minimum absolute atomic E-state index is 0.118. The second kappa shape index (κ2) is 9.75. The molecule has 5 heterocycles. The highest BCUT2D eigenvalue weighted by molar-refractivity contribution is 7.99. The Hall–Kier alpha value is -4.36. The van der Waals surface area contributed by atoms with Gasteiger partial charge in [-0.15, -0.1) is 0 Å². The van der Waals surface area contributed by atoms with E-state index in [1.54, 1.807) is 37.4 Å². The van der Waals surface area contributed by atoms with Gasteiger partial charge in [0.05, 0.1) is 43.4 Å². The van der Waals surface area contributed by atoms with Crippen LogP contribution in [0, 0.1) is 5.82 Å². The third kappa shape index (κ3) is 4.29. The van der Waals surface area contributed by atoms with Crippen LogP contribution in [0.3, 0.4) is 0 Å². The molecule has 200 valence electrons. The number of nitrogens with two attached hydrogens (primary N) is 1. The summed E-state index contributed by atoms with van der Waals surface area (Å²) in [5, 5.41) is 4.10. The van der Waals surface area contributed by atoms with Crippen LogP contribution in [0.5, 0.6) is 0 Å². The quantitative estimate of drug-likeness (QED) is 0.265. The van der Waals surface area contributed by atoms with E-state index in [1.165, 1.54) is 22.7 Å². The normalized spacial score (nSPS) is 16.7. The summed E-state index contributed by atoms with van der Waals surface area (Å²) >= 11 is 1.18. The largest absolute Gasteiger partial charge is 0.461 e. The van der Waals surface area contributed by atoms with E-state index in [1.807, 2.05) is 0 Å². The number of carbonyl (C=O) groups is 3. The van der Waals surface area contributed by atoms with Crippen LogP contribution in [0.1, 0.15) is 34.7 Å². The molecule has 0 saturated carbocycles. The fourth-order valence-corrected chi connectivity index (χ4v) is 5.70. The number of para-hydroxylation sites is 1. The number of hydrogen-bond acceptors (Lipinski definition) is 9. The van der Waals surface area contributed by atoms with Crippen molar-refractivity contribution in [2.24, 2.45) is 5.73 Å². The number of nitrogens with one attached hydrogen (secondary N) is 3. The molecular weight excluding hydrogens is 527 g/mol. The van der Waals surface area contributed by atoms with E-state index in [2.05, 4.69) is 20.3 Å². The van der Waals surface area contributed by atoms with E-state index in [9.17, 15) is 18.8 Å². The van der Waals surface area contributed by atoms with E-state index in [4.69, 9.17) is 14.9 Å². The summed E-state index contributed by atoms with van der Waals surface area (Å²) in [5.41, 5.74) is 8.52. The zero-order valence-corrected chi connectivity index (χ0v) is 21.5. The lowest BCUT2D eigenvalue weighted by atomic mass is 9.81. The zero-order valence-electron chi connectivity index (χ0n) is 20.7. The van der Waals surface area contributed by atoms with Gasteiger partial charge in [0.2, 0.25) is 5.91 Å². The molecule has 2 aliphatic heterocycles. The predicted octanol–water partition coefficient (Wildman–Crippen LogP) is 3.13. The number of esters is 1. The molecule has 13 heteroatoms. The van der Waals surface area contributed by atoms with E-state index in [0.717, 1.165) is 0 Å². The average molecular weight is 551 g/mol. The van der Waals surface area contributed by atoms with Crippen LogP contribution in [-0.2, 0) is 14.3 Å². The first-order valence-electron chi connectivity index (χ1n) is 12.2. The maximum Gasteiger partial charge on any atom is 0.356 e. The summed E-state index contributed by atoms with van der Waals surface area (Å²) in [6.45, 7) is 1.66. The molecule has 3 aromatic heterocycles. The molecule has 0 unspecified atom stereocenters. The number of ether oxygens (including phenoxy) is 1. The lowest BCUT2D eigenvalue weighted by molar-refractivity contribution is -0.133. The molecular formula is C26H23FN6O5S. The second-order valence-electron chi connectivity index (χ2n) is 8.98. The van der Waals surface area contributed by atoms with Gasteiger partial charge in [0.15, 0.2) is 21.8 Å². The number of benzene rings is 1. The first-order chi connectivity index (χ1) is 18.9. The standard InChI is InChI=1S/C26H23FN6O5S/c1-2-37-25(36)24-22-12(9-29-24)20(21-15(30-22)10-33(11-16(21)34)18(35)8-28)17-6-7-19(38-17)39-26-31-14-5-3-4-13(27)23(14)32-26/h3-7,9,20,29-30H,2,8,10-11,28H2,1H3,(H,31,32)/t20-/m1/s1. The Morgan fingerprint density at radius 1 is 1.28 bits per heavy atom. The van der Waals surface area contributed by atoms with Gasteiger partial charge in [0.25, 0.3) is 0 Å². The summed E-state index contributed by atoms with van der Waals surface area (Å²) in [4.78, 5) is 50.1. The van der Waals surface area contributed by atoms with Crippen LogP contribution in [0.15, 0.2) is 62.5 Å². The molecule has 5 N–H and O–H groups in total. The number of Topliss-reactive ketones (excluding diaryl/α,β-unsaturated/α-hetero) is 1. The summed E-state index contributed by atoms with van der Waals surface area (Å²) < 4.78 is 25.5. The fourth-order valence-electron chi connectivity index (χ4n) is 4.94. The van der Waals surface area contributed by atoms with Gasteiger partial charge < -0.3 is 35.1 Å². The molecule has 0 fully saturated rings. The molecule has 6 rings (SSSR count). The number of ketones is 1. The number of halogens is 1. The molecule has 0 aliphatic carbocycles. The van der Waals surface area contributed by atoms with Gasteiger partial charge in [0, 0.05) is 23.0 Å². The molecule has 39 heavy (non-hydrogen) atoms. The van der Waals surface area contributed by atoms with Crippen LogP contribution >= 0.6 is 11.8 Å². The molecule has 0 spiro atoms. The van der Waals surface area contributed by atoms with E-state index in [-0.39, 0.29) is 49.1 Å². The summed E-state index contributed by atoms with van der Waals surface area (Å²) in [6, 6.07) is 8.15. The number of carbonyl (C=O) groups excluding carboxylic acids is 3. The zero-order chi connectivity index (χ0) is 27.3. The number of fused-ring (bicyclic) bond motifs is 2. The van der Waals surface area contributed by atoms with Crippen molar-refractivity contribution in [2.45, 2.75) is 23.1 Å². The van der Waals surface area contributed by atoms with Crippen molar-refractivity contribution in [3.63, 3.8) is 0 Å². The number of aromatic nitrogens is 3. The summed E-state index contributed by atoms with van der Waals surface area (Å²) in [6.07, 6.45) is 1.64. The molecule has 1 amide bonds. The van der Waals surface area contributed by atoms with Crippen molar-refractivity contribution in [1.29, 1.82) is 0 Å². The number of furan rings is 1. The SMILES string of the molecule is CCOC(=O)c1[nH]cc2c1NC1=C(C(=O)CN(C(=O)CN)C1)[C@H]2c1ccc(Sc2nc3c(F)cccc3[nH]2)o1. The number of nitrogens with zero attached hydrogens (tertiary/aromatic N) is 2. The van der Waals surface area contributed by atoms with Crippen LogP contribution in [0.25, 0.3) is 11.0 Å². The molecule has 0 bridgehead atoms. The molecule has 1 atom stereocenters. The third-order valence-corrected chi connectivity index (χ3v) is 7.44. The Labute approximate surface area is 225 Å². The van der Waals surface area contributed by atoms with Crippen LogP contribution in [-0.4, -0.2) is 63.8 Å². The first-order valence-corrected chi connectivity index (χ1v) is 13.0. The smallest absolute Gasteiger partial charge is 0.356 e. The molecule has 11 nitrogen and oxygen atoms in total. The monoisotopic (exact) mass is 550 g/mol. The topological polar surface area (TPSA) is 159 Å². The van der Waals surface area contributed by atoms with Gasteiger partial charge in [-0.05, 0) is 43.0 Å². The minimum Gasteiger partial charge on any atom is -0.461 e. The highest BCUT2D eigenvalue weighted by Gasteiger charge is 2.41. The maximum atomic E-state index is 14.1. The Bertz CT molecular complexity index is 1670. The third-order valence-electron chi connectivity index (χ3n) is 6.63. The van der Waals surface area contributed by atoms with Gasteiger partial charge in [-0.3, -0.25) is 9.59 Å². The highest BCUT2D eigenvalue weighted by atomic mass is 32.2. The number of imidazole rings is 1. The molecule has 0 radical (unpaired) electrons. The van der Waals surface area contributed by atoms with Crippen molar-refractivity contribution in [3.05, 3.63) is 70.6 Å². The summed E-state index contributed by atoms with van der Waals surface area (Å²) in [5.74, 6) is -1.81. The van der Waals surface area contributed by atoms with Crippen molar-refractivity contribution in [3.8, 4) is 0 Å². The fraction of sp³-hybridized carbons (Fsp3) is 0.231. The number of amides is 1. The molecule has 4 aromatic rings. The number of aromatic amines is 2. The number of anilines is 1. The van der Waals surface area contributed by atoms with Gasteiger partial charge in [0.1, 0.15) is 17.0 Å². The Morgan fingerprint density at radius 2 is 2.13 bits per heavy atom. The second-order valence-corrected chi connectivity index (χ2v) is 9.97. The van der Waals surface area contributed by atoms with Crippen LogP contribution < -0.4 is 11.1 Å². The lowest BCUT2D eigenvalue weighted by Gasteiger charge is -2.36. The van der Waals surface area contributed by atoms with Gasteiger partial charge >= 0.3 is 5.97 Å². The Kier molecular flexibility index (Phi) is 6.23. The lowest BCUT2D eigenvalue weighted by Crippen LogP contribution is -2.47. The number of rotatable bonds is 6. The van der Waals surface area contributed by atoms with Gasteiger partial charge in [-0.1, -0.05) is 6.07 Å². The molecule has 0 saturated heterocycles. The number of H-pyrrole nitrogens is 2. The first kappa shape index (κ1) is 24.9. The maximum absolute atomic E-state index is 14.1. The minimum atomic E-state index is -0.652. The molecule has 2 aliphatic rings. The van der Waals surface area contributed by atoms with E-state index in [0.29, 0.717) is 44.0 Å². The molecule has 1 aromatic carbocycles. The van der Waals surface area contributed by atoms with Crippen molar-refractivity contribution in [2.75, 3.05) is 31.6 Å². The Morgan fingerprint density at radius 3 is 2.90 bits per heavy atom. The van der Waals surface area contributed by atoms with Gasteiger partial charge in [-0.25, -0.2) is 14.2 Å². The van der Waals surface area contributed by atoms with Crippen LogP contribution in [0.4, 0.5) is 10.1 Å². The van der Waals surface area contributed by atoms with E-state index < -0.39 is 17.7 Å². The highest BCUT2D eigenvalue weighted by Crippen LogP contribution is 2.46. The van der Waals surface area contributed by atoms with Crippen molar-refractivity contribution < 1.29 is 27.9 Å². The predicted molar refractivity (Wildman–Crippen MR) is 139 cm³/mol. The van der Waals surface area contributed by atoms with Gasteiger partial charge in [-0.2, -0.15) is 0 Å².